The van der Waals surface area contributed by atoms with E-state index < -0.39 is 0 Å². The second-order valence-corrected chi connectivity index (χ2v) is 5.19. The molecule has 1 aliphatic carbocycles. The smallest absolute Gasteiger partial charge is 0.226 e. The molecule has 0 aliphatic heterocycles. The van der Waals surface area contributed by atoms with Crippen LogP contribution in [0.2, 0.25) is 0 Å². The van der Waals surface area contributed by atoms with Crippen LogP contribution in [-0.4, -0.2) is 33.3 Å². The first-order valence-electron chi connectivity index (χ1n) is 7.03. The van der Waals surface area contributed by atoms with E-state index >= 15 is 0 Å². The number of hydrogen-bond acceptors (Lipinski definition) is 6. The number of furan rings is 1. The molecule has 1 aliphatic rings. The number of nitrogens with one attached hydrogen (secondary N) is 2. The minimum atomic E-state index is 0.507. The van der Waals surface area contributed by atoms with Gasteiger partial charge in [0.05, 0.1) is 24.4 Å². The van der Waals surface area contributed by atoms with E-state index in [0.29, 0.717) is 18.5 Å². The van der Waals surface area contributed by atoms with Gasteiger partial charge in [-0.05, 0) is 25.0 Å². The zero-order chi connectivity index (χ0) is 14.2. The average molecular weight is 284 g/mol. The molecular formula is C14H16N6O. The summed E-state index contributed by atoms with van der Waals surface area (Å²) in [6.45, 7) is 0.706. The number of anilines is 2. The van der Waals surface area contributed by atoms with Crippen LogP contribution in [0.25, 0.3) is 11.0 Å². The van der Waals surface area contributed by atoms with Crippen LogP contribution in [0.5, 0.6) is 0 Å². The molecule has 0 aromatic carbocycles. The van der Waals surface area contributed by atoms with Crippen molar-refractivity contribution in [2.24, 2.45) is 0 Å². The van der Waals surface area contributed by atoms with Gasteiger partial charge in [0.2, 0.25) is 5.95 Å². The number of fused-ring (bicyclic) bond motifs is 1. The molecule has 0 atom stereocenters. The quantitative estimate of drug-likeness (QED) is 0.747. The summed E-state index contributed by atoms with van der Waals surface area (Å²) in [6.07, 6.45) is 5.84. The van der Waals surface area contributed by atoms with Gasteiger partial charge in [-0.15, -0.1) is 0 Å². The topological polar surface area (TPSA) is 82.9 Å². The number of H-pyrrole nitrogens is 1. The highest BCUT2D eigenvalue weighted by atomic mass is 16.3. The number of aromatic nitrogens is 4. The van der Waals surface area contributed by atoms with Crippen molar-refractivity contribution in [2.75, 3.05) is 17.3 Å². The summed E-state index contributed by atoms with van der Waals surface area (Å²) in [5.74, 6) is 2.42. The second-order valence-electron chi connectivity index (χ2n) is 5.19. The Balaban J connectivity index is 1.79. The van der Waals surface area contributed by atoms with Crippen molar-refractivity contribution in [3.05, 3.63) is 30.4 Å². The highest BCUT2D eigenvalue weighted by Gasteiger charge is 2.32. The van der Waals surface area contributed by atoms with Crippen LogP contribution in [0, 0.1) is 0 Å². The maximum atomic E-state index is 5.49. The molecule has 0 amide bonds. The average Bonchev–Trinajstić information content (AvgIpc) is 3.02. The van der Waals surface area contributed by atoms with Gasteiger partial charge in [0.1, 0.15) is 11.6 Å². The normalized spacial score (nSPS) is 14.5. The summed E-state index contributed by atoms with van der Waals surface area (Å²) >= 11 is 0. The maximum absolute atomic E-state index is 5.49. The van der Waals surface area contributed by atoms with Crippen molar-refractivity contribution in [1.29, 1.82) is 0 Å². The molecule has 0 radical (unpaired) electrons. The molecule has 0 spiro atoms. The highest BCUT2D eigenvalue weighted by molar-refractivity contribution is 5.87. The van der Waals surface area contributed by atoms with Crippen molar-refractivity contribution in [1.82, 2.24) is 20.2 Å². The number of aromatic amines is 1. The fraction of sp³-hybridized carbons (Fsp3) is 0.357. The van der Waals surface area contributed by atoms with Gasteiger partial charge in [0.15, 0.2) is 5.65 Å². The van der Waals surface area contributed by atoms with Crippen molar-refractivity contribution < 1.29 is 4.42 Å². The standard InChI is InChI=1S/C14H16N6O/c1-15-14-17-12-11(7-16-19-12)13(18-14)20(9-4-5-9)8-10-3-2-6-21-10/h2-3,6-7,9H,4-5,8H2,1H3,(H2,15,16,17,18,19). The van der Waals surface area contributed by atoms with Gasteiger partial charge >= 0.3 is 0 Å². The summed E-state index contributed by atoms with van der Waals surface area (Å²) in [6, 6.07) is 4.41. The third kappa shape index (κ3) is 2.20. The molecule has 2 N–H and O–H groups in total. The first-order chi connectivity index (χ1) is 10.3. The second kappa shape index (κ2) is 4.76. The number of hydrogen-bond donors (Lipinski definition) is 2. The van der Waals surface area contributed by atoms with Crippen LogP contribution >= 0.6 is 0 Å². The third-order valence-corrected chi connectivity index (χ3v) is 3.68. The molecule has 3 aromatic heterocycles. The van der Waals surface area contributed by atoms with E-state index in [1.165, 1.54) is 12.8 Å². The summed E-state index contributed by atoms with van der Waals surface area (Å²) in [5, 5.41) is 10.9. The Kier molecular flexibility index (Phi) is 2.77. The van der Waals surface area contributed by atoms with Crippen LogP contribution in [0.1, 0.15) is 18.6 Å². The van der Waals surface area contributed by atoms with E-state index in [1.807, 2.05) is 19.2 Å². The van der Waals surface area contributed by atoms with E-state index in [4.69, 9.17) is 4.42 Å². The molecule has 3 aromatic rings. The fourth-order valence-electron chi connectivity index (χ4n) is 2.48. The zero-order valence-electron chi connectivity index (χ0n) is 11.7. The lowest BCUT2D eigenvalue weighted by molar-refractivity contribution is 0.500. The summed E-state index contributed by atoms with van der Waals surface area (Å²) in [4.78, 5) is 11.3. The molecule has 0 unspecified atom stereocenters. The lowest BCUT2D eigenvalue weighted by atomic mass is 10.3. The van der Waals surface area contributed by atoms with Gasteiger partial charge in [0, 0.05) is 13.1 Å². The molecule has 1 fully saturated rings. The molecule has 21 heavy (non-hydrogen) atoms. The summed E-state index contributed by atoms with van der Waals surface area (Å²) in [5.41, 5.74) is 0.745. The molecule has 108 valence electrons. The van der Waals surface area contributed by atoms with Crippen molar-refractivity contribution in [3.8, 4) is 0 Å². The van der Waals surface area contributed by atoms with Gasteiger partial charge in [-0.25, -0.2) is 0 Å². The highest BCUT2D eigenvalue weighted by Crippen LogP contribution is 2.35. The Morgan fingerprint density at radius 1 is 1.43 bits per heavy atom. The minimum absolute atomic E-state index is 0.507. The lowest BCUT2D eigenvalue weighted by Gasteiger charge is -2.23. The van der Waals surface area contributed by atoms with E-state index in [2.05, 4.69) is 30.4 Å². The van der Waals surface area contributed by atoms with Crippen LogP contribution < -0.4 is 10.2 Å². The summed E-state index contributed by atoms with van der Waals surface area (Å²) in [7, 11) is 1.81. The van der Waals surface area contributed by atoms with Crippen LogP contribution in [0.3, 0.4) is 0 Å². The summed E-state index contributed by atoms with van der Waals surface area (Å²) < 4.78 is 5.49. The Bertz CT molecular complexity index is 746. The van der Waals surface area contributed by atoms with Gasteiger partial charge < -0.3 is 14.6 Å². The Morgan fingerprint density at radius 2 is 2.33 bits per heavy atom. The predicted octanol–water partition coefficient (Wildman–Crippen LogP) is 2.16. The Morgan fingerprint density at radius 3 is 3.05 bits per heavy atom. The molecule has 7 nitrogen and oxygen atoms in total. The first kappa shape index (κ1) is 12.2. The minimum Gasteiger partial charge on any atom is -0.467 e. The molecule has 4 rings (SSSR count). The van der Waals surface area contributed by atoms with Gasteiger partial charge in [-0.3, -0.25) is 5.10 Å². The zero-order valence-corrected chi connectivity index (χ0v) is 11.7. The van der Waals surface area contributed by atoms with Crippen molar-refractivity contribution in [3.63, 3.8) is 0 Å². The molecule has 7 heteroatoms. The van der Waals surface area contributed by atoms with Crippen molar-refractivity contribution in [2.45, 2.75) is 25.4 Å². The molecule has 3 heterocycles. The largest absolute Gasteiger partial charge is 0.467 e. The SMILES string of the molecule is CNc1nc(N(Cc2ccco2)C2CC2)c2cn[nH]c2n1. The van der Waals surface area contributed by atoms with E-state index in [0.717, 1.165) is 22.6 Å². The van der Waals surface area contributed by atoms with Crippen LogP contribution in [0.4, 0.5) is 11.8 Å². The van der Waals surface area contributed by atoms with Crippen molar-refractivity contribution >= 4 is 22.8 Å². The van der Waals surface area contributed by atoms with E-state index in [9.17, 15) is 0 Å². The van der Waals surface area contributed by atoms with Gasteiger partial charge in [-0.1, -0.05) is 0 Å². The Hall–Kier alpha value is -2.57. The van der Waals surface area contributed by atoms with Crippen LogP contribution in [-0.2, 0) is 6.54 Å². The van der Waals surface area contributed by atoms with Gasteiger partial charge in [-0.2, -0.15) is 15.1 Å². The van der Waals surface area contributed by atoms with Gasteiger partial charge in [0.25, 0.3) is 0 Å². The maximum Gasteiger partial charge on any atom is 0.226 e. The van der Waals surface area contributed by atoms with E-state index in [-0.39, 0.29) is 0 Å². The predicted molar refractivity (Wildman–Crippen MR) is 79.1 cm³/mol. The molecule has 0 saturated heterocycles. The molecule has 1 saturated carbocycles. The molecule has 0 bridgehead atoms. The van der Waals surface area contributed by atoms with Crippen LogP contribution in [0.15, 0.2) is 29.0 Å². The monoisotopic (exact) mass is 284 g/mol. The lowest BCUT2D eigenvalue weighted by Crippen LogP contribution is -2.26. The fourth-order valence-corrected chi connectivity index (χ4v) is 2.48. The number of rotatable bonds is 5. The number of nitrogens with zero attached hydrogens (tertiary/aromatic N) is 4. The van der Waals surface area contributed by atoms with E-state index in [1.54, 1.807) is 12.5 Å². The first-order valence-corrected chi connectivity index (χ1v) is 7.03. The molecular weight excluding hydrogens is 268 g/mol. The third-order valence-electron chi connectivity index (χ3n) is 3.68. The Labute approximate surface area is 121 Å².